The zero-order chi connectivity index (χ0) is 14.5. The van der Waals surface area contributed by atoms with Crippen LogP contribution in [-0.2, 0) is 11.3 Å². The molecule has 0 amide bonds. The Morgan fingerprint density at radius 3 is 2.90 bits per heavy atom. The smallest absolute Gasteiger partial charge is 0.320 e. The molecule has 1 saturated heterocycles. The lowest BCUT2D eigenvalue weighted by atomic mass is 9.92. The minimum atomic E-state index is -0.717. The van der Waals surface area contributed by atoms with Crippen molar-refractivity contribution in [3.05, 3.63) is 29.8 Å². The molecular weight excluding hydrogens is 254 g/mol. The Balaban J connectivity index is 2.13. The van der Waals surface area contributed by atoms with Crippen LogP contribution >= 0.6 is 0 Å². The van der Waals surface area contributed by atoms with Gasteiger partial charge >= 0.3 is 5.97 Å². The molecule has 20 heavy (non-hydrogen) atoms. The summed E-state index contributed by atoms with van der Waals surface area (Å²) in [5.41, 5.74) is 1.06. The normalized spacial score (nSPS) is 23.5. The van der Waals surface area contributed by atoms with E-state index in [0.29, 0.717) is 19.1 Å². The van der Waals surface area contributed by atoms with Gasteiger partial charge in [0, 0.05) is 12.1 Å². The van der Waals surface area contributed by atoms with Gasteiger partial charge in [-0.25, -0.2) is 0 Å². The van der Waals surface area contributed by atoms with Gasteiger partial charge in [0.2, 0.25) is 0 Å². The van der Waals surface area contributed by atoms with Crippen LogP contribution in [0.1, 0.15) is 32.3 Å². The van der Waals surface area contributed by atoms with E-state index in [0.717, 1.165) is 30.7 Å². The molecule has 1 aliphatic heterocycles. The second kappa shape index (κ2) is 6.75. The van der Waals surface area contributed by atoms with Crippen LogP contribution in [0.15, 0.2) is 24.3 Å². The predicted molar refractivity (Wildman–Crippen MR) is 77.8 cm³/mol. The molecular formula is C16H23NO3. The van der Waals surface area contributed by atoms with Gasteiger partial charge in [-0.2, -0.15) is 0 Å². The number of rotatable bonds is 5. The van der Waals surface area contributed by atoms with Crippen molar-refractivity contribution >= 4 is 5.97 Å². The summed E-state index contributed by atoms with van der Waals surface area (Å²) < 4.78 is 5.62. The standard InChI is InChI=1S/C16H23NO3/c1-3-20-15-7-5-4-6-13(15)11-17-9-8-12(2)10-14(17)16(18)19/h4-7,12,14H,3,8-11H2,1-2H3,(H,18,19). The van der Waals surface area contributed by atoms with Crippen LogP contribution in [0.2, 0.25) is 0 Å². The lowest BCUT2D eigenvalue weighted by Gasteiger charge is -2.36. The van der Waals surface area contributed by atoms with Crippen molar-refractivity contribution in [3.8, 4) is 5.75 Å². The van der Waals surface area contributed by atoms with Crippen LogP contribution < -0.4 is 4.74 Å². The SMILES string of the molecule is CCOc1ccccc1CN1CCC(C)CC1C(=O)O. The van der Waals surface area contributed by atoms with E-state index in [-0.39, 0.29) is 6.04 Å². The molecule has 0 saturated carbocycles. The highest BCUT2D eigenvalue weighted by molar-refractivity contribution is 5.73. The third-order valence-corrected chi connectivity index (χ3v) is 3.91. The first kappa shape index (κ1) is 14.9. The zero-order valence-corrected chi connectivity index (χ0v) is 12.2. The molecule has 2 atom stereocenters. The van der Waals surface area contributed by atoms with Crippen molar-refractivity contribution in [2.75, 3.05) is 13.2 Å². The molecule has 0 aromatic heterocycles. The molecule has 0 aliphatic carbocycles. The number of para-hydroxylation sites is 1. The molecule has 1 aliphatic rings. The number of nitrogens with zero attached hydrogens (tertiary/aromatic N) is 1. The fraction of sp³-hybridized carbons (Fsp3) is 0.562. The molecule has 2 unspecified atom stereocenters. The number of carboxylic acids is 1. The highest BCUT2D eigenvalue weighted by atomic mass is 16.5. The number of ether oxygens (including phenoxy) is 1. The monoisotopic (exact) mass is 277 g/mol. The summed E-state index contributed by atoms with van der Waals surface area (Å²) >= 11 is 0. The van der Waals surface area contributed by atoms with E-state index >= 15 is 0 Å². The minimum absolute atomic E-state index is 0.381. The summed E-state index contributed by atoms with van der Waals surface area (Å²) in [6, 6.07) is 7.50. The van der Waals surface area contributed by atoms with Crippen LogP contribution in [0.4, 0.5) is 0 Å². The van der Waals surface area contributed by atoms with Crippen LogP contribution in [0, 0.1) is 5.92 Å². The van der Waals surface area contributed by atoms with Crippen molar-refractivity contribution < 1.29 is 14.6 Å². The summed E-state index contributed by atoms with van der Waals surface area (Å²) in [6.07, 6.45) is 1.78. The first-order valence-corrected chi connectivity index (χ1v) is 7.29. The maximum atomic E-state index is 11.4. The van der Waals surface area contributed by atoms with Crippen LogP contribution in [-0.4, -0.2) is 35.2 Å². The number of benzene rings is 1. The molecule has 1 aromatic carbocycles. The molecule has 1 N–H and O–H groups in total. The van der Waals surface area contributed by atoms with Crippen LogP contribution in [0.3, 0.4) is 0 Å². The fourth-order valence-corrected chi connectivity index (χ4v) is 2.79. The Kier molecular flexibility index (Phi) is 5.01. The van der Waals surface area contributed by atoms with E-state index in [1.54, 1.807) is 0 Å². The predicted octanol–water partition coefficient (Wildman–Crippen LogP) is 2.77. The topological polar surface area (TPSA) is 49.8 Å². The summed E-state index contributed by atoms with van der Waals surface area (Å²) in [5.74, 6) is 0.623. The zero-order valence-electron chi connectivity index (χ0n) is 12.2. The van der Waals surface area contributed by atoms with Gasteiger partial charge in [-0.1, -0.05) is 25.1 Å². The van der Waals surface area contributed by atoms with Gasteiger partial charge < -0.3 is 9.84 Å². The highest BCUT2D eigenvalue weighted by Gasteiger charge is 2.31. The molecule has 4 nitrogen and oxygen atoms in total. The average molecular weight is 277 g/mol. The molecule has 1 fully saturated rings. The summed E-state index contributed by atoms with van der Waals surface area (Å²) in [6.45, 7) is 6.18. The highest BCUT2D eigenvalue weighted by Crippen LogP contribution is 2.27. The first-order chi connectivity index (χ1) is 9.61. The maximum Gasteiger partial charge on any atom is 0.320 e. The molecule has 110 valence electrons. The van der Waals surface area contributed by atoms with Crippen molar-refractivity contribution in [2.45, 2.75) is 39.3 Å². The lowest BCUT2D eigenvalue weighted by Crippen LogP contribution is -2.46. The van der Waals surface area contributed by atoms with Crippen molar-refractivity contribution in [3.63, 3.8) is 0 Å². The van der Waals surface area contributed by atoms with E-state index in [1.807, 2.05) is 31.2 Å². The lowest BCUT2D eigenvalue weighted by molar-refractivity contribution is -0.145. The number of likely N-dealkylation sites (tertiary alicyclic amines) is 1. The van der Waals surface area contributed by atoms with E-state index in [4.69, 9.17) is 4.74 Å². The minimum Gasteiger partial charge on any atom is -0.494 e. The number of carbonyl (C=O) groups is 1. The fourth-order valence-electron chi connectivity index (χ4n) is 2.79. The summed E-state index contributed by atoms with van der Waals surface area (Å²) in [5, 5.41) is 9.40. The van der Waals surface area contributed by atoms with Gasteiger partial charge in [0.05, 0.1) is 6.61 Å². The maximum absolute atomic E-state index is 11.4. The third kappa shape index (κ3) is 3.51. The van der Waals surface area contributed by atoms with E-state index in [1.165, 1.54) is 0 Å². The van der Waals surface area contributed by atoms with E-state index in [2.05, 4.69) is 11.8 Å². The molecule has 0 bridgehead atoms. The Labute approximate surface area is 120 Å². The third-order valence-electron chi connectivity index (χ3n) is 3.91. The van der Waals surface area contributed by atoms with Gasteiger partial charge in [-0.3, -0.25) is 9.69 Å². The van der Waals surface area contributed by atoms with Gasteiger partial charge in [-0.15, -0.1) is 0 Å². The second-order valence-corrected chi connectivity index (χ2v) is 5.49. The number of aliphatic carboxylic acids is 1. The molecule has 4 heteroatoms. The quantitative estimate of drug-likeness (QED) is 0.899. The molecule has 1 heterocycles. The van der Waals surface area contributed by atoms with E-state index in [9.17, 15) is 9.90 Å². The molecule has 2 rings (SSSR count). The Bertz CT molecular complexity index is 461. The second-order valence-electron chi connectivity index (χ2n) is 5.49. The number of hydrogen-bond donors (Lipinski definition) is 1. The Hall–Kier alpha value is -1.55. The van der Waals surface area contributed by atoms with Gasteiger partial charge in [-0.05, 0) is 38.3 Å². The van der Waals surface area contributed by atoms with Crippen LogP contribution in [0.25, 0.3) is 0 Å². The van der Waals surface area contributed by atoms with Gasteiger partial charge in [0.15, 0.2) is 0 Å². The average Bonchev–Trinajstić information content (AvgIpc) is 2.43. The Morgan fingerprint density at radius 2 is 2.20 bits per heavy atom. The van der Waals surface area contributed by atoms with Crippen molar-refractivity contribution in [1.82, 2.24) is 4.90 Å². The Morgan fingerprint density at radius 1 is 1.45 bits per heavy atom. The van der Waals surface area contributed by atoms with Gasteiger partial charge in [0.25, 0.3) is 0 Å². The largest absolute Gasteiger partial charge is 0.494 e. The number of carboxylic acid groups (broad SMARTS) is 1. The molecule has 0 radical (unpaired) electrons. The molecule has 0 spiro atoms. The van der Waals surface area contributed by atoms with E-state index < -0.39 is 5.97 Å². The molecule has 1 aromatic rings. The number of piperidine rings is 1. The number of hydrogen-bond acceptors (Lipinski definition) is 3. The van der Waals surface area contributed by atoms with Crippen molar-refractivity contribution in [1.29, 1.82) is 0 Å². The van der Waals surface area contributed by atoms with Crippen LogP contribution in [0.5, 0.6) is 5.75 Å². The van der Waals surface area contributed by atoms with Crippen molar-refractivity contribution in [2.24, 2.45) is 5.92 Å². The summed E-state index contributed by atoms with van der Waals surface area (Å²) in [7, 11) is 0. The summed E-state index contributed by atoms with van der Waals surface area (Å²) in [4.78, 5) is 13.5. The first-order valence-electron chi connectivity index (χ1n) is 7.29. The van der Waals surface area contributed by atoms with Gasteiger partial charge in [0.1, 0.15) is 11.8 Å².